The molecule has 1 rings (SSSR count). The predicted octanol–water partition coefficient (Wildman–Crippen LogP) is 1.84. The summed E-state index contributed by atoms with van der Waals surface area (Å²) in [7, 11) is 0. The molecule has 98 valence electrons. The van der Waals surface area contributed by atoms with Crippen LogP contribution in [-0.4, -0.2) is 23.5 Å². The van der Waals surface area contributed by atoms with Crippen LogP contribution in [0.4, 0.5) is 0 Å². The van der Waals surface area contributed by atoms with Gasteiger partial charge in [-0.3, -0.25) is 4.79 Å². The molecule has 0 aromatic heterocycles. The molecular formula is C15H21NO2. The number of allylic oxidation sites excluding steroid dienone is 2. The number of aliphatic hydroxyl groups excluding tert-OH is 1. The minimum atomic E-state index is -0.631. The fraction of sp³-hybridized carbons (Fsp3) is 0.400. The summed E-state index contributed by atoms with van der Waals surface area (Å²) in [6.07, 6.45) is 2.43. The largest absolute Gasteiger partial charge is 0.393 e. The normalized spacial score (nSPS) is 13.4. The van der Waals surface area contributed by atoms with Gasteiger partial charge in [0, 0.05) is 12.8 Å². The van der Waals surface area contributed by atoms with Crippen molar-refractivity contribution in [3.63, 3.8) is 0 Å². The molecule has 1 unspecified atom stereocenters. The molecule has 0 aliphatic carbocycles. The van der Waals surface area contributed by atoms with Crippen LogP contribution in [0.5, 0.6) is 0 Å². The summed E-state index contributed by atoms with van der Waals surface area (Å²) >= 11 is 0. The molecule has 0 heterocycles. The number of aliphatic hydroxyl groups is 1. The minimum Gasteiger partial charge on any atom is -0.393 e. The lowest BCUT2D eigenvalue weighted by atomic mass is 9.97. The predicted molar refractivity (Wildman–Crippen MR) is 73.2 cm³/mol. The van der Waals surface area contributed by atoms with Crippen LogP contribution in [0.25, 0.3) is 0 Å². The average molecular weight is 247 g/mol. The Morgan fingerprint density at radius 2 is 2.06 bits per heavy atom. The molecule has 3 heteroatoms. The van der Waals surface area contributed by atoms with Crippen LogP contribution >= 0.6 is 0 Å². The van der Waals surface area contributed by atoms with Crippen molar-refractivity contribution in [1.82, 2.24) is 0 Å². The molecule has 1 atom stereocenters. The van der Waals surface area contributed by atoms with Crippen LogP contribution in [0.15, 0.2) is 42.0 Å². The summed E-state index contributed by atoms with van der Waals surface area (Å²) in [6.45, 7) is 2.25. The summed E-state index contributed by atoms with van der Waals surface area (Å²) < 4.78 is 0. The van der Waals surface area contributed by atoms with Crippen LogP contribution in [0, 0.1) is 0 Å². The van der Waals surface area contributed by atoms with Crippen LogP contribution in [-0.2, 0) is 11.2 Å². The van der Waals surface area contributed by atoms with Gasteiger partial charge in [-0.1, -0.05) is 36.4 Å². The lowest BCUT2D eigenvalue weighted by Gasteiger charge is -2.10. The van der Waals surface area contributed by atoms with Crippen molar-refractivity contribution in [3.8, 4) is 0 Å². The summed E-state index contributed by atoms with van der Waals surface area (Å²) in [5.74, 6) is 0.00213. The monoisotopic (exact) mass is 247 g/mol. The molecule has 0 aliphatic heterocycles. The van der Waals surface area contributed by atoms with Gasteiger partial charge < -0.3 is 10.8 Å². The maximum absolute atomic E-state index is 12.0. The van der Waals surface area contributed by atoms with Crippen molar-refractivity contribution in [3.05, 3.63) is 47.5 Å². The first-order valence-corrected chi connectivity index (χ1v) is 6.27. The molecule has 0 amide bonds. The van der Waals surface area contributed by atoms with E-state index in [0.29, 0.717) is 19.4 Å². The highest BCUT2D eigenvalue weighted by molar-refractivity contribution is 5.95. The molecule has 0 fully saturated rings. The first-order chi connectivity index (χ1) is 8.67. The number of carbonyl (C=O) groups is 1. The van der Waals surface area contributed by atoms with E-state index in [4.69, 9.17) is 5.73 Å². The van der Waals surface area contributed by atoms with Gasteiger partial charge in [0.1, 0.15) is 0 Å². The average Bonchev–Trinajstić information content (AvgIpc) is 2.37. The molecule has 3 nitrogen and oxygen atoms in total. The number of hydrogen-bond acceptors (Lipinski definition) is 3. The Labute approximate surface area is 108 Å². The number of carbonyl (C=O) groups excluding carboxylic acids is 1. The smallest absolute Gasteiger partial charge is 0.161 e. The topological polar surface area (TPSA) is 63.3 Å². The lowest BCUT2D eigenvalue weighted by molar-refractivity contribution is -0.117. The van der Waals surface area contributed by atoms with E-state index in [9.17, 15) is 9.90 Å². The molecule has 0 spiro atoms. The molecule has 0 aliphatic rings. The maximum atomic E-state index is 12.0. The third kappa shape index (κ3) is 4.82. The Morgan fingerprint density at radius 3 is 2.61 bits per heavy atom. The van der Waals surface area contributed by atoms with Crippen molar-refractivity contribution >= 4 is 5.78 Å². The van der Waals surface area contributed by atoms with Crippen LogP contribution < -0.4 is 5.73 Å². The van der Waals surface area contributed by atoms with Gasteiger partial charge in [-0.2, -0.15) is 0 Å². The number of hydrogen-bond donors (Lipinski definition) is 2. The summed E-state index contributed by atoms with van der Waals surface area (Å²) in [4.78, 5) is 12.0. The van der Waals surface area contributed by atoms with E-state index in [0.717, 1.165) is 11.1 Å². The number of ketones is 1. The van der Waals surface area contributed by atoms with Crippen LogP contribution in [0.3, 0.4) is 0 Å². The molecule has 0 bridgehead atoms. The van der Waals surface area contributed by atoms with Crippen LogP contribution in [0.1, 0.15) is 25.3 Å². The van der Waals surface area contributed by atoms with Gasteiger partial charge in [0.05, 0.1) is 6.10 Å². The van der Waals surface area contributed by atoms with Gasteiger partial charge >= 0.3 is 0 Å². The fourth-order valence-electron chi connectivity index (χ4n) is 1.82. The SMILES string of the molecule is C/C=C(\Cc1ccccc1)C(=O)CC(O)CCN. The lowest BCUT2D eigenvalue weighted by Crippen LogP contribution is -2.19. The van der Waals surface area contributed by atoms with Crippen molar-refractivity contribution < 1.29 is 9.90 Å². The Kier molecular flexibility index (Phi) is 6.33. The second-order valence-electron chi connectivity index (χ2n) is 4.33. The first-order valence-electron chi connectivity index (χ1n) is 6.27. The molecular weight excluding hydrogens is 226 g/mol. The highest BCUT2D eigenvalue weighted by Gasteiger charge is 2.14. The van der Waals surface area contributed by atoms with E-state index >= 15 is 0 Å². The van der Waals surface area contributed by atoms with Crippen molar-refractivity contribution in [2.24, 2.45) is 5.73 Å². The fourth-order valence-corrected chi connectivity index (χ4v) is 1.82. The zero-order valence-corrected chi connectivity index (χ0v) is 10.8. The quantitative estimate of drug-likeness (QED) is 0.723. The summed E-state index contributed by atoms with van der Waals surface area (Å²) in [6, 6.07) is 9.85. The van der Waals surface area contributed by atoms with E-state index in [1.54, 1.807) is 0 Å². The second kappa shape index (κ2) is 7.80. The number of nitrogens with two attached hydrogens (primary N) is 1. The Morgan fingerprint density at radius 1 is 1.39 bits per heavy atom. The molecule has 18 heavy (non-hydrogen) atoms. The maximum Gasteiger partial charge on any atom is 0.161 e. The zero-order valence-electron chi connectivity index (χ0n) is 10.8. The van der Waals surface area contributed by atoms with Gasteiger partial charge in [0.15, 0.2) is 5.78 Å². The summed E-state index contributed by atoms with van der Waals surface area (Å²) in [5, 5.41) is 9.60. The Hall–Kier alpha value is -1.45. The molecule has 1 aromatic rings. The van der Waals surface area contributed by atoms with Gasteiger partial charge in [0.25, 0.3) is 0 Å². The van der Waals surface area contributed by atoms with Crippen molar-refractivity contribution in [2.75, 3.05) is 6.54 Å². The second-order valence-corrected chi connectivity index (χ2v) is 4.33. The Balaban J connectivity index is 2.59. The van der Waals surface area contributed by atoms with E-state index in [1.807, 2.05) is 43.3 Å². The number of rotatable bonds is 7. The first kappa shape index (κ1) is 14.6. The standard InChI is InChI=1S/C15H21NO2/c1-2-13(10-12-6-4-3-5-7-12)15(18)11-14(17)8-9-16/h2-7,14,17H,8-11,16H2,1H3/b13-2+. The number of benzene rings is 1. The van der Waals surface area contributed by atoms with Gasteiger partial charge in [-0.05, 0) is 31.0 Å². The highest BCUT2D eigenvalue weighted by Crippen LogP contribution is 2.12. The van der Waals surface area contributed by atoms with E-state index < -0.39 is 6.10 Å². The molecule has 0 saturated heterocycles. The third-order valence-electron chi connectivity index (χ3n) is 2.86. The zero-order chi connectivity index (χ0) is 13.4. The Bertz CT molecular complexity index is 398. The van der Waals surface area contributed by atoms with Gasteiger partial charge in [0.2, 0.25) is 0 Å². The van der Waals surface area contributed by atoms with E-state index in [2.05, 4.69) is 0 Å². The molecule has 0 radical (unpaired) electrons. The highest BCUT2D eigenvalue weighted by atomic mass is 16.3. The van der Waals surface area contributed by atoms with Crippen molar-refractivity contribution in [2.45, 2.75) is 32.3 Å². The third-order valence-corrected chi connectivity index (χ3v) is 2.86. The van der Waals surface area contributed by atoms with Gasteiger partial charge in [-0.15, -0.1) is 0 Å². The van der Waals surface area contributed by atoms with E-state index in [-0.39, 0.29) is 12.2 Å². The molecule has 0 saturated carbocycles. The van der Waals surface area contributed by atoms with Crippen LogP contribution in [0.2, 0.25) is 0 Å². The molecule has 3 N–H and O–H groups in total. The molecule has 1 aromatic carbocycles. The van der Waals surface area contributed by atoms with Gasteiger partial charge in [-0.25, -0.2) is 0 Å². The minimum absolute atomic E-state index is 0.00213. The number of Topliss-reactive ketones (excluding diaryl/α,β-unsaturated/α-hetero) is 1. The van der Waals surface area contributed by atoms with Crippen molar-refractivity contribution in [1.29, 1.82) is 0 Å². The van der Waals surface area contributed by atoms with E-state index in [1.165, 1.54) is 0 Å². The summed E-state index contributed by atoms with van der Waals surface area (Å²) in [5.41, 5.74) is 7.20.